The van der Waals surface area contributed by atoms with Crippen molar-refractivity contribution < 1.29 is 9.53 Å². The molecular weight excluding hydrogens is 459 g/mol. The van der Waals surface area contributed by atoms with E-state index in [-0.39, 0.29) is 0 Å². The van der Waals surface area contributed by atoms with Crippen LogP contribution in [0, 0.1) is 0 Å². The average molecular weight is 474 g/mol. The zero-order valence-electron chi connectivity index (χ0n) is 13.6. The van der Waals surface area contributed by atoms with Crippen molar-refractivity contribution >= 4 is 62.1 Å². The Labute approximate surface area is 174 Å². The number of alkyl carbamates (subject to hydrolysis) is 1. The number of halogens is 3. The largest absolute Gasteiger partial charge is 0.442 e. The summed E-state index contributed by atoms with van der Waals surface area (Å²) in [7, 11) is 0. The monoisotopic (exact) mass is 472 g/mol. The first-order chi connectivity index (χ1) is 12.4. The van der Waals surface area contributed by atoms with Crippen molar-refractivity contribution in [1.29, 1.82) is 0 Å². The van der Waals surface area contributed by atoms with Crippen molar-refractivity contribution in [2.45, 2.75) is 18.1 Å². The predicted octanol–water partition coefficient (Wildman–Crippen LogP) is 6.07. The van der Waals surface area contributed by atoms with Crippen LogP contribution in [-0.2, 0) is 4.74 Å². The van der Waals surface area contributed by atoms with Gasteiger partial charge in [-0.15, -0.1) is 0 Å². The van der Waals surface area contributed by atoms with E-state index in [9.17, 15) is 4.79 Å². The van der Waals surface area contributed by atoms with Gasteiger partial charge in [-0.1, -0.05) is 75.5 Å². The van der Waals surface area contributed by atoms with Gasteiger partial charge >= 0.3 is 6.09 Å². The highest BCUT2D eigenvalue weighted by Crippen LogP contribution is 2.39. The van der Waals surface area contributed by atoms with Crippen molar-refractivity contribution in [3.63, 3.8) is 0 Å². The summed E-state index contributed by atoms with van der Waals surface area (Å²) >= 11 is 17.4. The molecule has 2 aromatic rings. The average Bonchev–Trinajstić information content (AvgIpc) is 2.97. The summed E-state index contributed by atoms with van der Waals surface area (Å²) in [5.41, 5.74) is 1.71. The Morgan fingerprint density at radius 2 is 1.96 bits per heavy atom. The first-order valence-corrected chi connectivity index (χ1v) is 10.1. The van der Waals surface area contributed by atoms with Gasteiger partial charge in [0.1, 0.15) is 6.10 Å². The fourth-order valence-electron chi connectivity index (χ4n) is 2.43. The molecule has 0 spiro atoms. The zero-order valence-corrected chi connectivity index (χ0v) is 17.5. The van der Waals surface area contributed by atoms with Gasteiger partial charge in [-0.25, -0.2) is 9.52 Å². The minimum Gasteiger partial charge on any atom is -0.442 e. The van der Waals surface area contributed by atoms with Crippen molar-refractivity contribution in [2.24, 2.45) is 0 Å². The quantitative estimate of drug-likeness (QED) is 0.321. The number of carbonyl (C=O) groups is 1. The molecule has 0 radical (unpaired) electrons. The van der Waals surface area contributed by atoms with Gasteiger partial charge in [0.25, 0.3) is 0 Å². The molecule has 2 aromatic carbocycles. The fourth-order valence-corrected chi connectivity index (χ4v) is 4.59. The summed E-state index contributed by atoms with van der Waals surface area (Å²) in [6, 6.07) is 15.0. The molecule has 3 rings (SSSR count). The molecule has 1 heterocycles. The van der Waals surface area contributed by atoms with Crippen LogP contribution in [0.4, 0.5) is 4.79 Å². The van der Waals surface area contributed by atoms with Crippen molar-refractivity contribution in [3.05, 3.63) is 75.2 Å². The number of hydrogen-bond acceptors (Lipinski definition) is 4. The molecule has 2 atom stereocenters. The smallest absolute Gasteiger partial charge is 0.410 e. The van der Waals surface area contributed by atoms with Gasteiger partial charge in [-0.2, -0.15) is 0 Å². The van der Waals surface area contributed by atoms with Crippen LogP contribution in [0.2, 0.25) is 5.02 Å². The Balaban J connectivity index is 1.68. The number of rotatable bonds is 4. The molecule has 1 aliphatic heterocycles. The van der Waals surface area contributed by atoms with E-state index >= 15 is 0 Å². The molecule has 0 aromatic heterocycles. The zero-order chi connectivity index (χ0) is 18.7. The maximum absolute atomic E-state index is 12.3. The number of carbonyl (C=O) groups excluding carboxylic acids is 1. The Bertz CT molecular complexity index is 865. The van der Waals surface area contributed by atoms with E-state index in [0.717, 1.165) is 20.5 Å². The van der Waals surface area contributed by atoms with E-state index < -0.39 is 17.3 Å². The molecule has 0 saturated carbocycles. The van der Waals surface area contributed by atoms with Crippen LogP contribution in [0.3, 0.4) is 0 Å². The molecule has 26 heavy (non-hydrogen) atoms. The molecule has 136 valence electrons. The normalized spacial score (nSPS) is 20.4. The van der Waals surface area contributed by atoms with Gasteiger partial charge in [0.05, 0.1) is 0 Å². The summed E-state index contributed by atoms with van der Waals surface area (Å²) in [5, 5.41) is 1.98. The standard InChI is InChI=1S/C18H15BrCl2N2O2S/c1-11(12-6-2-4-8-14(12)19)25-17(24)22-18(21)10-16(26-23-18)13-7-3-5-9-15(13)20/h2-11,23H,1H3,(H,22,24). The maximum atomic E-state index is 12.3. The Morgan fingerprint density at radius 3 is 2.69 bits per heavy atom. The van der Waals surface area contributed by atoms with Crippen LogP contribution >= 0.6 is 51.1 Å². The number of hydrogen-bond donors (Lipinski definition) is 2. The van der Waals surface area contributed by atoms with Gasteiger partial charge in [-0.05, 0) is 37.1 Å². The minimum atomic E-state index is -1.26. The number of amides is 1. The van der Waals surface area contributed by atoms with Crippen molar-refractivity contribution in [1.82, 2.24) is 10.0 Å². The molecule has 1 amide bonds. The second kappa shape index (κ2) is 8.23. The van der Waals surface area contributed by atoms with Crippen LogP contribution in [0.5, 0.6) is 0 Å². The van der Waals surface area contributed by atoms with E-state index in [1.165, 1.54) is 11.9 Å². The van der Waals surface area contributed by atoms with E-state index in [1.807, 2.05) is 42.5 Å². The first-order valence-electron chi connectivity index (χ1n) is 7.72. The lowest BCUT2D eigenvalue weighted by atomic mass is 10.1. The lowest BCUT2D eigenvalue weighted by Gasteiger charge is -2.22. The molecule has 0 fully saturated rings. The second-order valence-corrected chi connectivity index (χ2v) is 8.30. The maximum Gasteiger partial charge on any atom is 0.410 e. The third-order valence-corrected chi connectivity index (χ3v) is 6.13. The first kappa shape index (κ1) is 19.6. The summed E-state index contributed by atoms with van der Waals surface area (Å²) in [6.07, 6.45) is 0.630. The van der Waals surface area contributed by atoms with E-state index in [4.69, 9.17) is 27.9 Å². The van der Waals surface area contributed by atoms with Crippen LogP contribution in [0.25, 0.3) is 4.91 Å². The van der Waals surface area contributed by atoms with Crippen molar-refractivity contribution in [2.75, 3.05) is 0 Å². The lowest BCUT2D eigenvalue weighted by Crippen LogP contribution is -2.49. The van der Waals surface area contributed by atoms with Gasteiger partial charge in [0, 0.05) is 25.5 Å². The number of nitrogens with one attached hydrogen (secondary N) is 2. The van der Waals surface area contributed by atoms with E-state index in [0.29, 0.717) is 5.02 Å². The Morgan fingerprint density at radius 1 is 1.27 bits per heavy atom. The Kier molecular flexibility index (Phi) is 6.20. The van der Waals surface area contributed by atoms with Crippen LogP contribution in [0.1, 0.15) is 24.2 Å². The van der Waals surface area contributed by atoms with Crippen molar-refractivity contribution in [3.8, 4) is 0 Å². The third-order valence-electron chi connectivity index (χ3n) is 3.69. The molecule has 0 bridgehead atoms. The summed E-state index contributed by atoms with van der Waals surface area (Å²) in [5.74, 6) is 0. The molecule has 0 aliphatic carbocycles. The number of ether oxygens (including phenoxy) is 1. The molecule has 8 heteroatoms. The molecule has 4 nitrogen and oxygen atoms in total. The predicted molar refractivity (Wildman–Crippen MR) is 111 cm³/mol. The highest BCUT2D eigenvalue weighted by Gasteiger charge is 2.34. The molecule has 2 unspecified atom stereocenters. The second-order valence-electron chi connectivity index (χ2n) is 5.60. The Hall–Kier alpha value is -1.18. The number of benzene rings is 2. The third kappa shape index (κ3) is 4.56. The summed E-state index contributed by atoms with van der Waals surface area (Å²) in [4.78, 5) is 13.1. The minimum absolute atomic E-state index is 0.438. The van der Waals surface area contributed by atoms with Gasteiger partial charge < -0.3 is 4.74 Å². The van der Waals surface area contributed by atoms with Gasteiger partial charge in [-0.3, -0.25) is 5.32 Å². The SMILES string of the molecule is CC(OC(=O)NC1(Cl)C=C(c2ccccc2Cl)SN1)c1ccccc1Br. The van der Waals surface area contributed by atoms with Gasteiger partial charge in [0.2, 0.25) is 5.12 Å². The highest BCUT2D eigenvalue weighted by atomic mass is 79.9. The molecular formula is C18H15BrCl2N2O2S. The van der Waals surface area contributed by atoms with Crippen LogP contribution in [0.15, 0.2) is 59.1 Å². The number of alkyl halides is 1. The van der Waals surface area contributed by atoms with E-state index in [1.54, 1.807) is 19.1 Å². The fraction of sp³-hybridized carbons (Fsp3) is 0.167. The highest BCUT2D eigenvalue weighted by molar-refractivity contribution is 9.10. The summed E-state index contributed by atoms with van der Waals surface area (Å²) < 4.78 is 9.29. The van der Waals surface area contributed by atoms with Crippen LogP contribution in [-0.4, -0.2) is 11.2 Å². The molecule has 1 aliphatic rings. The van der Waals surface area contributed by atoms with E-state index in [2.05, 4.69) is 26.0 Å². The topological polar surface area (TPSA) is 50.4 Å². The molecule has 0 saturated heterocycles. The lowest BCUT2D eigenvalue weighted by molar-refractivity contribution is 0.103. The summed E-state index contributed by atoms with van der Waals surface area (Å²) in [6.45, 7) is 1.79. The molecule has 2 N–H and O–H groups in total. The van der Waals surface area contributed by atoms with Crippen LogP contribution < -0.4 is 10.0 Å². The van der Waals surface area contributed by atoms with Gasteiger partial charge in [0.15, 0.2) is 0 Å².